The lowest BCUT2D eigenvalue weighted by Gasteiger charge is -2.36. The third-order valence-electron chi connectivity index (χ3n) is 7.35. The molecule has 1 amide bonds. The van der Waals surface area contributed by atoms with Gasteiger partial charge in [0.15, 0.2) is 0 Å². The van der Waals surface area contributed by atoms with E-state index < -0.39 is 47.9 Å². The first kappa shape index (κ1) is 39.5. The summed E-state index contributed by atoms with van der Waals surface area (Å²) in [5, 5.41) is 0. The molecule has 17 heteroatoms. The summed E-state index contributed by atoms with van der Waals surface area (Å²) in [7, 11) is 1.48. The number of carbonyl (C=O) groups is 2. The highest BCUT2D eigenvalue weighted by Gasteiger charge is 2.60. The predicted octanol–water partition coefficient (Wildman–Crippen LogP) is 7.59. The first-order chi connectivity index (χ1) is 22.6. The lowest BCUT2D eigenvalue weighted by molar-refractivity contribution is -0.308. The van der Waals surface area contributed by atoms with Crippen LogP contribution in [0.2, 0.25) is 0 Å². The third kappa shape index (κ3) is 12.2. The van der Waals surface area contributed by atoms with Gasteiger partial charge in [-0.1, -0.05) is 18.2 Å². The molecule has 0 bridgehead atoms. The molecule has 0 spiro atoms. The molecule has 8 nitrogen and oxygen atoms in total. The Morgan fingerprint density at radius 1 is 0.857 bits per heavy atom. The fourth-order valence-corrected chi connectivity index (χ4v) is 5.04. The third-order valence-corrected chi connectivity index (χ3v) is 7.35. The van der Waals surface area contributed by atoms with Crippen LogP contribution in [0.25, 0.3) is 0 Å². The van der Waals surface area contributed by atoms with Gasteiger partial charge in [0.1, 0.15) is 11.4 Å². The standard InChI is InChI=1S/C32H38F9N3O5/c1-29(2,3)49-26(45)6-5-13-44(19-21-7-11-24(47-4)12-8-21)25-18-23(30(33,34)35)10-9-22(25)20-42-14-16-43(17-15-42)28(46)48-27(31(36,37)38)32(39,40)41/h7-12,18,27H,5-6,13-17,19-20H2,1-4H3. The van der Waals surface area contributed by atoms with Crippen LogP contribution < -0.4 is 9.64 Å². The van der Waals surface area contributed by atoms with Crippen molar-refractivity contribution in [1.82, 2.24) is 9.80 Å². The van der Waals surface area contributed by atoms with Gasteiger partial charge in [0, 0.05) is 57.9 Å². The van der Waals surface area contributed by atoms with Crippen molar-refractivity contribution in [2.75, 3.05) is 44.7 Å². The number of alkyl halides is 9. The second-order valence-corrected chi connectivity index (χ2v) is 12.4. The minimum absolute atomic E-state index is 0.00767. The highest BCUT2D eigenvalue weighted by Crippen LogP contribution is 2.37. The number of hydrogen-bond acceptors (Lipinski definition) is 7. The Morgan fingerprint density at radius 3 is 1.96 bits per heavy atom. The maximum atomic E-state index is 13.9. The topological polar surface area (TPSA) is 71.5 Å². The van der Waals surface area contributed by atoms with Crippen molar-refractivity contribution in [3.63, 3.8) is 0 Å². The monoisotopic (exact) mass is 715 g/mol. The summed E-state index contributed by atoms with van der Waals surface area (Å²) < 4.78 is 133. The molecular weight excluding hydrogens is 677 g/mol. The molecule has 0 aliphatic carbocycles. The number of benzene rings is 2. The number of methoxy groups -OCH3 is 1. The SMILES string of the molecule is COc1ccc(CN(CCCC(=O)OC(C)(C)C)c2cc(C(F)(F)F)ccc2CN2CCN(C(=O)OC(C(F)(F)F)C(F)(F)F)CC2)cc1. The van der Waals surface area contributed by atoms with Gasteiger partial charge >= 0.3 is 30.6 Å². The van der Waals surface area contributed by atoms with Crippen molar-refractivity contribution in [2.24, 2.45) is 0 Å². The molecule has 0 N–H and O–H groups in total. The van der Waals surface area contributed by atoms with Crippen LogP contribution in [-0.4, -0.2) is 85.8 Å². The molecule has 1 aliphatic rings. The van der Waals surface area contributed by atoms with Crippen molar-refractivity contribution < 1.29 is 63.3 Å². The molecule has 3 rings (SSSR count). The van der Waals surface area contributed by atoms with Crippen molar-refractivity contribution >= 4 is 17.7 Å². The predicted molar refractivity (Wildman–Crippen MR) is 160 cm³/mol. The molecule has 0 unspecified atom stereocenters. The summed E-state index contributed by atoms with van der Waals surface area (Å²) in [5.74, 6) is 0.0877. The van der Waals surface area contributed by atoms with Gasteiger partial charge in [-0.15, -0.1) is 0 Å². The number of anilines is 1. The zero-order valence-electron chi connectivity index (χ0n) is 27.3. The molecule has 49 heavy (non-hydrogen) atoms. The van der Waals surface area contributed by atoms with Gasteiger partial charge in [-0.2, -0.15) is 39.5 Å². The molecule has 274 valence electrons. The number of halogens is 9. The fourth-order valence-electron chi connectivity index (χ4n) is 5.04. The van der Waals surface area contributed by atoms with Gasteiger partial charge in [0.05, 0.1) is 12.7 Å². The maximum Gasteiger partial charge on any atom is 0.434 e. The van der Waals surface area contributed by atoms with E-state index in [1.807, 2.05) is 0 Å². The average molecular weight is 716 g/mol. The number of ether oxygens (including phenoxy) is 3. The number of esters is 1. The van der Waals surface area contributed by atoms with Crippen molar-refractivity contribution in [3.05, 3.63) is 59.2 Å². The molecule has 1 fully saturated rings. The van der Waals surface area contributed by atoms with Crippen LogP contribution in [0.3, 0.4) is 0 Å². The molecule has 2 aromatic rings. The number of rotatable bonds is 11. The van der Waals surface area contributed by atoms with Crippen LogP contribution in [0.15, 0.2) is 42.5 Å². The lowest BCUT2D eigenvalue weighted by Crippen LogP contribution is -2.52. The summed E-state index contributed by atoms with van der Waals surface area (Å²) in [4.78, 5) is 28.7. The number of hydrogen-bond donors (Lipinski definition) is 0. The van der Waals surface area contributed by atoms with Gasteiger partial charge in [0.2, 0.25) is 0 Å². The van der Waals surface area contributed by atoms with E-state index >= 15 is 0 Å². The summed E-state index contributed by atoms with van der Waals surface area (Å²) in [6.07, 6.45) is -22.3. The molecule has 1 saturated heterocycles. The average Bonchev–Trinajstić information content (AvgIpc) is 2.97. The van der Waals surface area contributed by atoms with Crippen LogP contribution in [0, 0.1) is 0 Å². The summed E-state index contributed by atoms with van der Waals surface area (Å²) in [6, 6.07) is 10.1. The molecule has 0 aromatic heterocycles. The minimum Gasteiger partial charge on any atom is -0.497 e. The van der Waals surface area contributed by atoms with E-state index in [9.17, 15) is 49.1 Å². The van der Waals surface area contributed by atoms with Crippen molar-refractivity contribution in [3.8, 4) is 5.75 Å². The molecule has 0 saturated carbocycles. The Kier molecular flexibility index (Phi) is 12.7. The zero-order chi connectivity index (χ0) is 36.8. The van der Waals surface area contributed by atoms with Crippen LogP contribution in [-0.2, 0) is 33.5 Å². The van der Waals surface area contributed by atoms with E-state index in [1.54, 1.807) is 54.8 Å². The summed E-state index contributed by atoms with van der Waals surface area (Å²) in [5.41, 5.74) is -0.286. The Bertz CT molecular complexity index is 1390. The summed E-state index contributed by atoms with van der Waals surface area (Å²) in [6.45, 7) is 4.84. The van der Waals surface area contributed by atoms with Gasteiger partial charge in [-0.25, -0.2) is 4.79 Å². The van der Waals surface area contributed by atoms with E-state index in [0.717, 1.165) is 17.7 Å². The van der Waals surface area contributed by atoms with Gasteiger partial charge < -0.3 is 24.0 Å². The minimum atomic E-state index is -5.86. The lowest BCUT2D eigenvalue weighted by atomic mass is 10.0. The van der Waals surface area contributed by atoms with Crippen LogP contribution in [0.1, 0.15) is 50.3 Å². The molecule has 2 aromatic carbocycles. The molecule has 0 radical (unpaired) electrons. The van der Waals surface area contributed by atoms with E-state index in [4.69, 9.17) is 9.47 Å². The Morgan fingerprint density at radius 2 is 1.45 bits per heavy atom. The highest BCUT2D eigenvalue weighted by molar-refractivity contribution is 5.70. The highest BCUT2D eigenvalue weighted by atomic mass is 19.4. The van der Waals surface area contributed by atoms with E-state index in [2.05, 4.69) is 4.74 Å². The van der Waals surface area contributed by atoms with Gasteiger partial charge in [0.25, 0.3) is 6.10 Å². The quantitative estimate of drug-likeness (QED) is 0.176. The number of nitrogens with zero attached hydrogens (tertiary/aromatic N) is 3. The van der Waals surface area contributed by atoms with E-state index in [0.29, 0.717) is 16.2 Å². The molecule has 1 aliphatic heterocycles. The van der Waals surface area contributed by atoms with Crippen LogP contribution >= 0.6 is 0 Å². The zero-order valence-corrected chi connectivity index (χ0v) is 27.3. The number of piperazine rings is 1. The molecule has 0 atom stereocenters. The number of amides is 1. The largest absolute Gasteiger partial charge is 0.497 e. The Labute approximate surface area is 277 Å². The van der Waals surface area contributed by atoms with E-state index in [-0.39, 0.29) is 64.3 Å². The number of carbonyl (C=O) groups excluding carboxylic acids is 2. The first-order valence-electron chi connectivity index (χ1n) is 15.2. The second kappa shape index (κ2) is 15.8. The summed E-state index contributed by atoms with van der Waals surface area (Å²) >= 11 is 0. The van der Waals surface area contributed by atoms with Crippen molar-refractivity contribution in [1.29, 1.82) is 0 Å². The smallest absolute Gasteiger partial charge is 0.434 e. The molecule has 1 heterocycles. The Hall–Kier alpha value is -3.89. The first-order valence-corrected chi connectivity index (χ1v) is 15.2. The normalized spacial score (nSPS) is 14.9. The van der Waals surface area contributed by atoms with Gasteiger partial charge in [-0.3, -0.25) is 9.69 Å². The van der Waals surface area contributed by atoms with Crippen LogP contribution in [0.5, 0.6) is 5.75 Å². The Balaban J connectivity index is 1.84. The second-order valence-electron chi connectivity index (χ2n) is 12.4. The van der Waals surface area contributed by atoms with Crippen molar-refractivity contribution in [2.45, 2.75) is 76.9 Å². The fraction of sp³-hybridized carbons (Fsp3) is 0.562. The van der Waals surface area contributed by atoms with E-state index in [1.165, 1.54) is 13.2 Å². The maximum absolute atomic E-state index is 13.9. The van der Waals surface area contributed by atoms with Crippen LogP contribution in [0.4, 0.5) is 50.0 Å². The van der Waals surface area contributed by atoms with Gasteiger partial charge in [-0.05, 0) is 62.6 Å². The molecular formula is C32H38F9N3O5.